The van der Waals surface area contributed by atoms with Gasteiger partial charge in [-0.05, 0) is 63.7 Å². The molecule has 19 heavy (non-hydrogen) atoms. The lowest BCUT2D eigenvalue weighted by atomic mass is 9.76. The maximum absolute atomic E-state index is 6.16. The molecule has 0 aromatic heterocycles. The van der Waals surface area contributed by atoms with Crippen molar-refractivity contribution in [1.82, 2.24) is 9.80 Å². The molecule has 0 radical (unpaired) electrons. The second kappa shape index (κ2) is 5.71. The predicted molar refractivity (Wildman–Crippen MR) is 82.3 cm³/mol. The molecule has 2 N–H and O–H groups in total. The highest BCUT2D eigenvalue weighted by molar-refractivity contribution is 5.00. The van der Waals surface area contributed by atoms with E-state index in [9.17, 15) is 0 Å². The zero-order valence-electron chi connectivity index (χ0n) is 13.4. The van der Waals surface area contributed by atoms with E-state index in [-0.39, 0.29) is 5.54 Å². The third-order valence-electron chi connectivity index (χ3n) is 5.53. The molecule has 2 aliphatic heterocycles. The molecule has 3 nitrogen and oxygen atoms in total. The summed E-state index contributed by atoms with van der Waals surface area (Å²) >= 11 is 0. The molecule has 2 fully saturated rings. The van der Waals surface area contributed by atoms with E-state index >= 15 is 0 Å². The SMILES string of the molecule is CN1CCC(CN)(N2CCCC(C(C)(C)C)CC2)C1. The van der Waals surface area contributed by atoms with Gasteiger partial charge in [-0.15, -0.1) is 0 Å². The van der Waals surface area contributed by atoms with E-state index in [0.29, 0.717) is 5.41 Å². The van der Waals surface area contributed by atoms with Gasteiger partial charge in [0.1, 0.15) is 0 Å². The van der Waals surface area contributed by atoms with Crippen LogP contribution in [-0.4, -0.2) is 55.1 Å². The lowest BCUT2D eigenvalue weighted by molar-refractivity contribution is 0.101. The lowest BCUT2D eigenvalue weighted by Crippen LogP contribution is -2.55. The fraction of sp³-hybridized carbons (Fsp3) is 1.00. The minimum Gasteiger partial charge on any atom is -0.329 e. The third kappa shape index (κ3) is 3.32. The van der Waals surface area contributed by atoms with Gasteiger partial charge in [0.15, 0.2) is 0 Å². The van der Waals surface area contributed by atoms with Crippen molar-refractivity contribution in [2.24, 2.45) is 17.1 Å². The molecule has 2 heterocycles. The molecule has 0 bridgehead atoms. The van der Waals surface area contributed by atoms with Crippen LogP contribution in [0.1, 0.15) is 46.5 Å². The Bertz CT molecular complexity index is 297. The minimum atomic E-state index is 0.265. The molecule has 2 unspecified atom stereocenters. The number of nitrogens with two attached hydrogens (primary N) is 1. The van der Waals surface area contributed by atoms with Gasteiger partial charge >= 0.3 is 0 Å². The molecule has 0 saturated carbocycles. The average Bonchev–Trinajstić information content (AvgIpc) is 2.58. The molecule has 0 aromatic rings. The molecule has 2 atom stereocenters. The van der Waals surface area contributed by atoms with Crippen LogP contribution in [0, 0.1) is 11.3 Å². The van der Waals surface area contributed by atoms with Gasteiger partial charge in [0.25, 0.3) is 0 Å². The maximum atomic E-state index is 6.16. The number of hydrogen-bond donors (Lipinski definition) is 1. The zero-order chi connectivity index (χ0) is 14.1. The van der Waals surface area contributed by atoms with Crippen molar-refractivity contribution in [3.8, 4) is 0 Å². The highest BCUT2D eigenvalue weighted by atomic mass is 15.3. The van der Waals surface area contributed by atoms with Crippen molar-refractivity contribution in [2.75, 3.05) is 39.8 Å². The van der Waals surface area contributed by atoms with Crippen molar-refractivity contribution in [2.45, 2.75) is 52.0 Å². The summed E-state index contributed by atoms with van der Waals surface area (Å²) in [6, 6.07) is 0. The molecule has 2 saturated heterocycles. The number of likely N-dealkylation sites (N-methyl/N-ethyl adjacent to an activating group) is 1. The number of hydrogen-bond acceptors (Lipinski definition) is 3. The zero-order valence-corrected chi connectivity index (χ0v) is 13.4. The van der Waals surface area contributed by atoms with Crippen LogP contribution in [0.3, 0.4) is 0 Å². The van der Waals surface area contributed by atoms with Gasteiger partial charge in [-0.1, -0.05) is 20.8 Å². The van der Waals surface area contributed by atoms with Gasteiger partial charge < -0.3 is 10.6 Å². The van der Waals surface area contributed by atoms with Crippen molar-refractivity contribution < 1.29 is 0 Å². The smallest absolute Gasteiger partial charge is 0.0470 e. The summed E-state index contributed by atoms with van der Waals surface area (Å²) in [5.41, 5.74) is 6.89. The van der Waals surface area contributed by atoms with Crippen molar-refractivity contribution in [1.29, 1.82) is 0 Å². The average molecular weight is 267 g/mol. The molecule has 0 amide bonds. The monoisotopic (exact) mass is 267 g/mol. The van der Waals surface area contributed by atoms with Crippen LogP contribution in [0.4, 0.5) is 0 Å². The Kier molecular flexibility index (Phi) is 4.59. The number of rotatable bonds is 2. The first-order valence-corrected chi connectivity index (χ1v) is 8.01. The van der Waals surface area contributed by atoms with Gasteiger partial charge in [-0.2, -0.15) is 0 Å². The van der Waals surface area contributed by atoms with Crippen LogP contribution in [0.15, 0.2) is 0 Å². The second-order valence-corrected chi connectivity index (χ2v) is 7.90. The van der Waals surface area contributed by atoms with Crippen molar-refractivity contribution in [3.05, 3.63) is 0 Å². The highest BCUT2D eigenvalue weighted by Crippen LogP contribution is 2.37. The second-order valence-electron chi connectivity index (χ2n) is 7.90. The molecule has 0 aliphatic carbocycles. The summed E-state index contributed by atoms with van der Waals surface area (Å²) in [4.78, 5) is 5.17. The standard InChI is InChI=1S/C16H33N3/c1-15(2,3)14-6-5-9-19(10-7-14)16(12-17)8-11-18(4)13-16/h14H,5-13,17H2,1-4H3. The summed E-state index contributed by atoms with van der Waals surface area (Å²) < 4.78 is 0. The van der Waals surface area contributed by atoms with Crippen LogP contribution in [0.2, 0.25) is 0 Å². The minimum absolute atomic E-state index is 0.265. The third-order valence-corrected chi connectivity index (χ3v) is 5.53. The van der Waals surface area contributed by atoms with E-state index < -0.39 is 0 Å². The van der Waals surface area contributed by atoms with E-state index in [1.54, 1.807) is 0 Å². The van der Waals surface area contributed by atoms with E-state index in [1.807, 2.05) is 0 Å². The summed E-state index contributed by atoms with van der Waals surface area (Å²) in [6.45, 7) is 12.9. The van der Waals surface area contributed by atoms with Crippen LogP contribution in [-0.2, 0) is 0 Å². The van der Waals surface area contributed by atoms with Crippen molar-refractivity contribution >= 4 is 0 Å². The Morgan fingerprint density at radius 2 is 1.89 bits per heavy atom. The van der Waals surface area contributed by atoms with Crippen LogP contribution in [0.5, 0.6) is 0 Å². The molecule has 3 heteroatoms. The summed E-state index contributed by atoms with van der Waals surface area (Å²) in [5.74, 6) is 0.867. The van der Waals surface area contributed by atoms with E-state index in [0.717, 1.165) is 19.0 Å². The fourth-order valence-electron chi connectivity index (χ4n) is 4.05. The Morgan fingerprint density at radius 1 is 1.16 bits per heavy atom. The van der Waals surface area contributed by atoms with Gasteiger partial charge in [0.2, 0.25) is 0 Å². The van der Waals surface area contributed by atoms with E-state index in [4.69, 9.17) is 5.73 Å². The molecular formula is C16H33N3. The van der Waals surface area contributed by atoms with E-state index in [1.165, 1.54) is 45.3 Å². The van der Waals surface area contributed by atoms with Crippen LogP contribution in [0.25, 0.3) is 0 Å². The highest BCUT2D eigenvalue weighted by Gasteiger charge is 2.41. The van der Waals surface area contributed by atoms with Crippen LogP contribution >= 0.6 is 0 Å². The van der Waals surface area contributed by atoms with E-state index in [2.05, 4.69) is 37.6 Å². The van der Waals surface area contributed by atoms with Crippen molar-refractivity contribution in [3.63, 3.8) is 0 Å². The Balaban J connectivity index is 2.02. The van der Waals surface area contributed by atoms with Gasteiger partial charge in [0.05, 0.1) is 0 Å². The predicted octanol–water partition coefficient (Wildman–Crippen LogP) is 2.17. The molecule has 112 valence electrons. The van der Waals surface area contributed by atoms with Crippen LogP contribution < -0.4 is 5.73 Å². The molecule has 2 aliphatic rings. The Labute approximate surface area is 119 Å². The normalized spacial score (nSPS) is 35.5. The lowest BCUT2D eigenvalue weighted by Gasteiger charge is -2.40. The van der Waals surface area contributed by atoms with Gasteiger partial charge in [-0.3, -0.25) is 4.90 Å². The van der Waals surface area contributed by atoms with Gasteiger partial charge in [0, 0.05) is 18.6 Å². The first-order valence-electron chi connectivity index (χ1n) is 8.01. The Hall–Kier alpha value is -0.120. The Morgan fingerprint density at radius 3 is 2.42 bits per heavy atom. The topological polar surface area (TPSA) is 32.5 Å². The molecule has 0 spiro atoms. The summed E-state index contributed by atoms with van der Waals surface area (Å²) in [6.07, 6.45) is 5.32. The molecule has 0 aromatic carbocycles. The summed E-state index contributed by atoms with van der Waals surface area (Å²) in [7, 11) is 2.23. The quantitative estimate of drug-likeness (QED) is 0.832. The molecule has 2 rings (SSSR count). The fourth-order valence-corrected chi connectivity index (χ4v) is 4.05. The van der Waals surface area contributed by atoms with Gasteiger partial charge in [-0.25, -0.2) is 0 Å². The number of likely N-dealkylation sites (tertiary alicyclic amines) is 2. The number of nitrogens with zero attached hydrogens (tertiary/aromatic N) is 2. The molecular weight excluding hydrogens is 234 g/mol. The maximum Gasteiger partial charge on any atom is 0.0470 e. The summed E-state index contributed by atoms with van der Waals surface area (Å²) in [5, 5.41) is 0. The largest absolute Gasteiger partial charge is 0.329 e. The first kappa shape index (κ1) is 15.3. The first-order chi connectivity index (χ1) is 8.87.